The molecule has 0 bridgehead atoms. The largest absolute Gasteiger partial charge is 0.374 e. The maximum atomic E-state index is 12.0. The number of carbonyl (C=O) groups excluding carboxylic acids is 1. The number of benzene rings is 1. The van der Waals surface area contributed by atoms with Crippen molar-refractivity contribution >= 4 is 22.4 Å². The lowest BCUT2D eigenvalue weighted by Crippen LogP contribution is -2.11. The van der Waals surface area contributed by atoms with Gasteiger partial charge in [0.1, 0.15) is 0 Å². The number of hydrogen-bond donors (Lipinski definition) is 1. The number of ether oxygens (including phenoxy) is 1. The summed E-state index contributed by atoms with van der Waals surface area (Å²) in [6, 6.07) is 7.42. The van der Waals surface area contributed by atoms with Crippen LogP contribution in [0.5, 0.6) is 0 Å². The Kier molecular flexibility index (Phi) is 4.87. The fourth-order valence-corrected chi connectivity index (χ4v) is 2.28. The molecule has 0 aliphatic carbocycles. The summed E-state index contributed by atoms with van der Waals surface area (Å²) in [4.78, 5) is 16.2. The van der Waals surface area contributed by atoms with E-state index in [1.165, 1.54) is 11.3 Å². The van der Waals surface area contributed by atoms with Gasteiger partial charge in [-0.25, -0.2) is 4.98 Å². The van der Waals surface area contributed by atoms with Gasteiger partial charge in [-0.2, -0.15) is 0 Å². The third kappa shape index (κ3) is 4.15. The molecule has 1 heterocycles. The molecule has 0 radical (unpaired) electrons. The first-order valence-corrected chi connectivity index (χ1v) is 7.36. The minimum Gasteiger partial charge on any atom is -0.374 e. The Morgan fingerprint density at radius 1 is 1.35 bits per heavy atom. The number of rotatable bonds is 5. The number of hydrogen-bond acceptors (Lipinski definition) is 4. The zero-order valence-electron chi connectivity index (χ0n) is 11.8. The number of aryl methyl sites for hydroxylation is 1. The molecule has 4 nitrogen and oxygen atoms in total. The zero-order chi connectivity index (χ0) is 14.5. The van der Waals surface area contributed by atoms with Crippen LogP contribution in [0.2, 0.25) is 0 Å². The normalized spacial score (nSPS) is 10.8. The van der Waals surface area contributed by atoms with Gasteiger partial charge in [-0.15, -0.1) is 11.3 Å². The highest BCUT2D eigenvalue weighted by molar-refractivity contribution is 7.13. The van der Waals surface area contributed by atoms with Gasteiger partial charge in [-0.3, -0.25) is 10.1 Å². The van der Waals surface area contributed by atoms with Gasteiger partial charge in [0.2, 0.25) is 0 Å². The number of nitrogens with zero attached hydrogens (tertiary/aromatic N) is 1. The lowest BCUT2D eigenvalue weighted by molar-refractivity contribution is 0.0657. The van der Waals surface area contributed by atoms with Crippen LogP contribution in [0.4, 0.5) is 5.13 Å². The van der Waals surface area contributed by atoms with Crippen LogP contribution in [0.3, 0.4) is 0 Å². The summed E-state index contributed by atoms with van der Waals surface area (Å²) in [6.07, 6.45) is 0.200. The van der Waals surface area contributed by atoms with E-state index >= 15 is 0 Å². The highest BCUT2D eigenvalue weighted by Crippen LogP contribution is 2.16. The molecule has 20 heavy (non-hydrogen) atoms. The Morgan fingerprint density at radius 2 is 2.05 bits per heavy atom. The van der Waals surface area contributed by atoms with Crippen LogP contribution in [0, 0.1) is 6.92 Å². The first kappa shape index (κ1) is 14.7. The van der Waals surface area contributed by atoms with Gasteiger partial charge >= 0.3 is 0 Å². The van der Waals surface area contributed by atoms with E-state index in [-0.39, 0.29) is 12.0 Å². The summed E-state index contributed by atoms with van der Waals surface area (Å²) < 4.78 is 5.52. The fraction of sp³-hybridized carbons (Fsp3) is 0.333. The molecule has 0 unspecified atom stereocenters. The third-order valence-electron chi connectivity index (χ3n) is 2.64. The van der Waals surface area contributed by atoms with Gasteiger partial charge in [0.15, 0.2) is 5.13 Å². The average Bonchev–Trinajstić information content (AvgIpc) is 2.82. The maximum Gasteiger partial charge on any atom is 0.257 e. The SMILES string of the molecule is Cc1csc(NC(=O)c2ccc(COC(C)C)cc2)n1. The minimum atomic E-state index is -0.143. The first-order valence-electron chi connectivity index (χ1n) is 6.48. The standard InChI is InChI=1S/C15H18N2O2S/c1-10(2)19-8-12-4-6-13(7-5-12)14(18)17-15-16-11(3)9-20-15/h4-7,9-10H,8H2,1-3H3,(H,16,17,18). The highest BCUT2D eigenvalue weighted by atomic mass is 32.1. The number of aromatic nitrogens is 1. The highest BCUT2D eigenvalue weighted by Gasteiger charge is 2.08. The Hall–Kier alpha value is -1.72. The van der Waals surface area contributed by atoms with E-state index in [0.29, 0.717) is 17.3 Å². The van der Waals surface area contributed by atoms with Crippen molar-refractivity contribution < 1.29 is 9.53 Å². The lowest BCUT2D eigenvalue weighted by Gasteiger charge is -2.08. The van der Waals surface area contributed by atoms with Gasteiger partial charge in [0.05, 0.1) is 18.4 Å². The van der Waals surface area contributed by atoms with Crippen LogP contribution < -0.4 is 5.32 Å². The molecule has 0 saturated heterocycles. The van der Waals surface area contributed by atoms with Crippen molar-refractivity contribution in [1.82, 2.24) is 4.98 Å². The molecule has 1 aromatic carbocycles. The average molecular weight is 290 g/mol. The minimum absolute atomic E-state index is 0.143. The van der Waals surface area contributed by atoms with Crippen LogP contribution in [-0.4, -0.2) is 17.0 Å². The smallest absolute Gasteiger partial charge is 0.257 e. The molecule has 0 fully saturated rings. The van der Waals surface area contributed by atoms with Gasteiger partial charge in [0, 0.05) is 10.9 Å². The second kappa shape index (κ2) is 6.63. The van der Waals surface area contributed by atoms with E-state index in [1.54, 1.807) is 12.1 Å². The predicted octanol–water partition coefficient (Wildman–Crippen LogP) is 3.63. The van der Waals surface area contributed by atoms with Crippen LogP contribution >= 0.6 is 11.3 Å². The summed E-state index contributed by atoms with van der Waals surface area (Å²) >= 11 is 1.42. The maximum absolute atomic E-state index is 12.0. The molecule has 1 aromatic heterocycles. The topological polar surface area (TPSA) is 51.2 Å². The van der Waals surface area contributed by atoms with Crippen molar-refractivity contribution in [1.29, 1.82) is 0 Å². The van der Waals surface area contributed by atoms with Crippen molar-refractivity contribution in [2.45, 2.75) is 33.5 Å². The van der Waals surface area contributed by atoms with Crippen LogP contribution in [0.1, 0.15) is 35.5 Å². The molecule has 1 amide bonds. The van der Waals surface area contributed by atoms with Crippen molar-refractivity contribution in [2.24, 2.45) is 0 Å². The fourth-order valence-electron chi connectivity index (χ4n) is 1.60. The predicted molar refractivity (Wildman–Crippen MR) is 81.2 cm³/mol. The van der Waals surface area contributed by atoms with Crippen LogP contribution in [-0.2, 0) is 11.3 Å². The molecule has 0 atom stereocenters. The van der Waals surface area contributed by atoms with E-state index in [9.17, 15) is 4.79 Å². The molecule has 2 rings (SSSR count). The molecule has 0 aliphatic heterocycles. The van der Waals surface area contributed by atoms with Gasteiger partial charge < -0.3 is 4.74 Å². The summed E-state index contributed by atoms with van der Waals surface area (Å²) in [5, 5.41) is 5.32. The summed E-state index contributed by atoms with van der Waals surface area (Å²) in [5.74, 6) is -0.143. The van der Waals surface area contributed by atoms with Gasteiger partial charge in [-0.05, 0) is 38.5 Å². The van der Waals surface area contributed by atoms with Crippen LogP contribution in [0.25, 0.3) is 0 Å². The van der Waals surface area contributed by atoms with Crippen LogP contribution in [0.15, 0.2) is 29.6 Å². The van der Waals surface area contributed by atoms with Crippen molar-refractivity contribution in [3.63, 3.8) is 0 Å². The number of thiazole rings is 1. The second-order valence-electron chi connectivity index (χ2n) is 4.80. The lowest BCUT2D eigenvalue weighted by atomic mass is 10.1. The van der Waals surface area contributed by atoms with Gasteiger partial charge in [-0.1, -0.05) is 12.1 Å². The van der Waals surface area contributed by atoms with Crippen molar-refractivity contribution in [3.8, 4) is 0 Å². The Balaban J connectivity index is 1.96. The van der Waals surface area contributed by atoms with E-state index in [0.717, 1.165) is 11.3 Å². The molecule has 2 aromatic rings. The molecular formula is C15H18N2O2S. The monoisotopic (exact) mass is 290 g/mol. The number of anilines is 1. The van der Waals surface area contributed by atoms with E-state index in [1.807, 2.05) is 38.3 Å². The molecular weight excluding hydrogens is 272 g/mol. The molecule has 106 valence electrons. The number of nitrogens with one attached hydrogen (secondary N) is 1. The molecule has 0 spiro atoms. The van der Waals surface area contributed by atoms with E-state index < -0.39 is 0 Å². The summed E-state index contributed by atoms with van der Waals surface area (Å²) in [6.45, 7) is 6.45. The molecule has 0 saturated carbocycles. The molecule has 0 aliphatic rings. The summed E-state index contributed by atoms with van der Waals surface area (Å²) in [5.41, 5.74) is 2.58. The summed E-state index contributed by atoms with van der Waals surface area (Å²) in [7, 11) is 0. The van der Waals surface area contributed by atoms with Crippen molar-refractivity contribution in [2.75, 3.05) is 5.32 Å². The van der Waals surface area contributed by atoms with E-state index in [4.69, 9.17) is 4.74 Å². The Morgan fingerprint density at radius 3 is 2.60 bits per heavy atom. The first-order chi connectivity index (χ1) is 9.54. The van der Waals surface area contributed by atoms with Gasteiger partial charge in [0.25, 0.3) is 5.91 Å². The Bertz CT molecular complexity index is 576. The quantitative estimate of drug-likeness (QED) is 0.915. The second-order valence-corrected chi connectivity index (χ2v) is 5.66. The third-order valence-corrected chi connectivity index (χ3v) is 3.51. The number of amides is 1. The molecule has 1 N–H and O–H groups in total. The Labute approximate surface area is 122 Å². The molecule has 5 heteroatoms. The van der Waals surface area contributed by atoms with Crippen molar-refractivity contribution in [3.05, 3.63) is 46.5 Å². The van der Waals surface area contributed by atoms with E-state index in [2.05, 4.69) is 10.3 Å². The zero-order valence-corrected chi connectivity index (χ0v) is 12.7. The number of carbonyl (C=O) groups is 1.